The van der Waals surface area contributed by atoms with E-state index in [1.165, 1.54) is 4.90 Å². The lowest BCUT2D eigenvalue weighted by atomic mass is 9.94. The van der Waals surface area contributed by atoms with E-state index in [0.29, 0.717) is 25.9 Å². The lowest BCUT2D eigenvalue weighted by Gasteiger charge is -2.34. The minimum atomic E-state index is -0.888. The fourth-order valence-electron chi connectivity index (χ4n) is 1.18. The molecule has 1 amide bonds. The molecule has 0 saturated carbocycles. The topological polar surface area (TPSA) is 60.8 Å². The van der Waals surface area contributed by atoms with Gasteiger partial charge < -0.3 is 15.1 Å². The van der Waals surface area contributed by atoms with Gasteiger partial charge in [0.1, 0.15) is 0 Å². The highest BCUT2D eigenvalue weighted by Crippen LogP contribution is 2.20. The van der Waals surface area contributed by atoms with Gasteiger partial charge in [-0.25, -0.2) is 4.79 Å². The monoisotopic (exact) mass is 159 g/mol. The van der Waals surface area contributed by atoms with Gasteiger partial charge in [-0.05, 0) is 19.8 Å². The average molecular weight is 159 g/mol. The molecule has 2 N–H and O–H groups in total. The smallest absolute Gasteiger partial charge is 0.407 e. The number of hydrogen-bond donors (Lipinski definition) is 2. The van der Waals surface area contributed by atoms with E-state index in [1.54, 1.807) is 6.92 Å². The van der Waals surface area contributed by atoms with E-state index in [-0.39, 0.29) is 0 Å². The molecule has 0 unspecified atom stereocenters. The summed E-state index contributed by atoms with van der Waals surface area (Å²) in [7, 11) is 0. The van der Waals surface area contributed by atoms with Crippen LogP contribution in [0.1, 0.15) is 19.8 Å². The first-order valence-electron chi connectivity index (χ1n) is 3.71. The van der Waals surface area contributed by atoms with Gasteiger partial charge in [0, 0.05) is 13.1 Å². The molecule has 1 aliphatic heterocycles. The first-order chi connectivity index (χ1) is 5.01. The van der Waals surface area contributed by atoms with E-state index < -0.39 is 11.7 Å². The van der Waals surface area contributed by atoms with Crippen LogP contribution in [-0.2, 0) is 0 Å². The number of carbonyl (C=O) groups is 1. The molecule has 4 nitrogen and oxygen atoms in total. The Labute approximate surface area is 65.4 Å². The molecule has 0 radical (unpaired) electrons. The molecule has 1 aliphatic rings. The summed E-state index contributed by atoms with van der Waals surface area (Å²) < 4.78 is 0. The van der Waals surface area contributed by atoms with Crippen molar-refractivity contribution in [2.24, 2.45) is 0 Å². The Hall–Kier alpha value is -0.770. The van der Waals surface area contributed by atoms with Crippen LogP contribution < -0.4 is 0 Å². The van der Waals surface area contributed by atoms with Gasteiger partial charge in [-0.2, -0.15) is 0 Å². The molecule has 0 aromatic heterocycles. The molecule has 0 aromatic carbocycles. The van der Waals surface area contributed by atoms with Crippen molar-refractivity contribution in [2.75, 3.05) is 13.1 Å². The van der Waals surface area contributed by atoms with Gasteiger partial charge in [0.15, 0.2) is 0 Å². The Balaban J connectivity index is 2.42. The number of likely N-dealkylation sites (tertiary alicyclic amines) is 1. The van der Waals surface area contributed by atoms with Gasteiger partial charge in [0.25, 0.3) is 0 Å². The summed E-state index contributed by atoms with van der Waals surface area (Å²) in [4.78, 5) is 11.7. The molecule has 4 heteroatoms. The van der Waals surface area contributed by atoms with Crippen LogP contribution in [0, 0.1) is 0 Å². The van der Waals surface area contributed by atoms with Crippen LogP contribution in [-0.4, -0.2) is 39.9 Å². The Bertz CT molecular complexity index is 157. The zero-order valence-corrected chi connectivity index (χ0v) is 6.58. The van der Waals surface area contributed by atoms with Gasteiger partial charge in [-0.3, -0.25) is 0 Å². The third-order valence-corrected chi connectivity index (χ3v) is 2.11. The maximum Gasteiger partial charge on any atom is 0.407 e. The zero-order valence-electron chi connectivity index (χ0n) is 6.58. The van der Waals surface area contributed by atoms with E-state index in [1.807, 2.05) is 0 Å². The van der Waals surface area contributed by atoms with Crippen LogP contribution in [0.3, 0.4) is 0 Å². The summed E-state index contributed by atoms with van der Waals surface area (Å²) in [6.45, 7) is 2.64. The van der Waals surface area contributed by atoms with Gasteiger partial charge in [0.05, 0.1) is 5.60 Å². The standard InChI is InChI=1S/C7H13NO3/c1-7(11)2-4-8(5-3-7)6(9)10/h11H,2-5H2,1H3,(H,9,10). The molecule has 1 rings (SSSR count). The first kappa shape index (κ1) is 8.33. The summed E-state index contributed by atoms with van der Waals surface area (Å²) in [6.07, 6.45) is 0.194. The van der Waals surface area contributed by atoms with E-state index in [0.717, 1.165) is 0 Å². The number of carboxylic acid groups (broad SMARTS) is 1. The van der Waals surface area contributed by atoms with E-state index in [2.05, 4.69) is 0 Å². The third kappa shape index (κ3) is 2.08. The summed E-state index contributed by atoms with van der Waals surface area (Å²) in [5.41, 5.74) is -0.661. The summed E-state index contributed by atoms with van der Waals surface area (Å²) in [5.74, 6) is 0. The number of hydrogen-bond acceptors (Lipinski definition) is 2. The van der Waals surface area contributed by atoms with Crippen molar-refractivity contribution in [1.82, 2.24) is 4.90 Å². The number of aliphatic hydroxyl groups is 1. The highest BCUT2D eigenvalue weighted by Gasteiger charge is 2.29. The second-order valence-electron chi connectivity index (χ2n) is 3.27. The molecule has 1 heterocycles. The summed E-state index contributed by atoms with van der Waals surface area (Å²) >= 11 is 0. The second-order valence-corrected chi connectivity index (χ2v) is 3.27. The van der Waals surface area contributed by atoms with E-state index >= 15 is 0 Å². The van der Waals surface area contributed by atoms with Crippen molar-refractivity contribution in [2.45, 2.75) is 25.4 Å². The molecular weight excluding hydrogens is 146 g/mol. The fraction of sp³-hybridized carbons (Fsp3) is 0.857. The maximum absolute atomic E-state index is 10.4. The summed E-state index contributed by atoms with van der Waals surface area (Å²) in [5, 5.41) is 18.0. The molecule has 0 atom stereocenters. The molecule has 0 aliphatic carbocycles. The third-order valence-electron chi connectivity index (χ3n) is 2.11. The van der Waals surface area contributed by atoms with Crippen molar-refractivity contribution >= 4 is 6.09 Å². The van der Waals surface area contributed by atoms with Gasteiger partial charge in [0.2, 0.25) is 0 Å². The molecule has 1 fully saturated rings. The Kier molecular flexibility index (Phi) is 2.04. The van der Waals surface area contributed by atoms with Crippen LogP contribution in [0.2, 0.25) is 0 Å². The van der Waals surface area contributed by atoms with Gasteiger partial charge >= 0.3 is 6.09 Å². The van der Waals surface area contributed by atoms with Crippen molar-refractivity contribution in [3.05, 3.63) is 0 Å². The normalized spacial score (nSPS) is 23.3. The van der Waals surface area contributed by atoms with Crippen LogP contribution in [0.4, 0.5) is 4.79 Å². The quantitative estimate of drug-likeness (QED) is 0.541. The molecule has 0 bridgehead atoms. The largest absolute Gasteiger partial charge is 0.465 e. The van der Waals surface area contributed by atoms with Crippen LogP contribution >= 0.6 is 0 Å². The van der Waals surface area contributed by atoms with Crippen LogP contribution in [0.5, 0.6) is 0 Å². The minimum Gasteiger partial charge on any atom is -0.465 e. The lowest BCUT2D eigenvalue weighted by molar-refractivity contribution is -0.00116. The predicted molar refractivity (Wildman–Crippen MR) is 39.5 cm³/mol. The van der Waals surface area contributed by atoms with Crippen molar-refractivity contribution in [3.8, 4) is 0 Å². The van der Waals surface area contributed by atoms with Gasteiger partial charge in [-0.1, -0.05) is 0 Å². The highest BCUT2D eigenvalue weighted by atomic mass is 16.4. The maximum atomic E-state index is 10.4. The molecule has 0 aromatic rings. The zero-order chi connectivity index (χ0) is 8.48. The number of nitrogens with zero attached hydrogens (tertiary/aromatic N) is 1. The lowest BCUT2D eigenvalue weighted by Crippen LogP contribution is -2.44. The highest BCUT2D eigenvalue weighted by molar-refractivity contribution is 5.65. The van der Waals surface area contributed by atoms with Gasteiger partial charge in [-0.15, -0.1) is 0 Å². The Morgan fingerprint density at radius 1 is 1.45 bits per heavy atom. The molecule has 64 valence electrons. The van der Waals surface area contributed by atoms with Crippen LogP contribution in [0.25, 0.3) is 0 Å². The Morgan fingerprint density at radius 3 is 2.27 bits per heavy atom. The first-order valence-corrected chi connectivity index (χ1v) is 3.71. The number of amides is 1. The van der Waals surface area contributed by atoms with Crippen molar-refractivity contribution in [3.63, 3.8) is 0 Å². The summed E-state index contributed by atoms with van der Waals surface area (Å²) in [6, 6.07) is 0. The van der Waals surface area contributed by atoms with Crippen molar-refractivity contribution in [1.29, 1.82) is 0 Å². The number of rotatable bonds is 0. The van der Waals surface area contributed by atoms with E-state index in [4.69, 9.17) is 5.11 Å². The van der Waals surface area contributed by atoms with Crippen LogP contribution in [0.15, 0.2) is 0 Å². The second kappa shape index (κ2) is 2.70. The number of piperidine rings is 1. The SMILES string of the molecule is CC1(O)CCN(C(=O)O)CC1. The molecule has 0 spiro atoms. The Morgan fingerprint density at radius 2 is 1.91 bits per heavy atom. The fourth-order valence-corrected chi connectivity index (χ4v) is 1.18. The molecule has 11 heavy (non-hydrogen) atoms. The minimum absolute atomic E-state index is 0.447. The average Bonchev–Trinajstić information content (AvgIpc) is 1.86. The van der Waals surface area contributed by atoms with Crippen molar-refractivity contribution < 1.29 is 15.0 Å². The molecular formula is C7H13NO3. The molecule has 1 saturated heterocycles. The predicted octanol–water partition coefficient (Wildman–Crippen LogP) is 0.511. The van der Waals surface area contributed by atoms with E-state index in [9.17, 15) is 9.90 Å².